The van der Waals surface area contributed by atoms with Gasteiger partial charge in [0, 0.05) is 6.21 Å². The van der Waals surface area contributed by atoms with Crippen LogP contribution in [0.4, 0.5) is 0 Å². The molecule has 0 aliphatic carbocycles. The maximum absolute atomic E-state index is 3.93. The summed E-state index contributed by atoms with van der Waals surface area (Å²) in [5.74, 6) is 0. The molecule has 0 spiro atoms. The zero-order chi connectivity index (χ0) is 4.41. The maximum atomic E-state index is 3.93. The van der Waals surface area contributed by atoms with Gasteiger partial charge in [0.05, 0.1) is 6.54 Å². The number of aliphatic imine (C=N–C) groups is 1. The predicted molar refractivity (Wildman–Crippen MR) is 28.2 cm³/mol. The van der Waals surface area contributed by atoms with E-state index in [9.17, 15) is 0 Å². The number of rotatable bonds is 0. The van der Waals surface area contributed by atoms with Gasteiger partial charge in [0.25, 0.3) is 0 Å². The van der Waals surface area contributed by atoms with Crippen molar-refractivity contribution in [2.24, 2.45) is 4.99 Å². The van der Waals surface area contributed by atoms with Crippen LogP contribution < -0.4 is 5.32 Å². The normalized spacial score (nSPS) is 31.8. The van der Waals surface area contributed by atoms with Crippen molar-refractivity contribution in [3.8, 4) is 0 Å². The molecule has 0 N–H and O–H groups in total. The summed E-state index contributed by atoms with van der Waals surface area (Å²) >= 11 is 3.17. The highest BCUT2D eigenvalue weighted by atomic mass is 79.9. The van der Waals surface area contributed by atoms with E-state index in [2.05, 4.69) is 26.2 Å². The molecule has 0 bridgehead atoms. The molecule has 6 heavy (non-hydrogen) atoms. The Morgan fingerprint density at radius 2 is 2.67 bits per heavy atom. The molecule has 0 aromatic heterocycles. The zero-order valence-corrected chi connectivity index (χ0v) is 4.72. The average Bonchev–Trinajstić information content (AvgIpc) is 1.86. The van der Waals surface area contributed by atoms with E-state index in [0.717, 1.165) is 6.54 Å². The Bertz CT molecular complexity index is 71.2. The van der Waals surface area contributed by atoms with Crippen LogP contribution in [0.3, 0.4) is 0 Å². The molecule has 1 unspecified atom stereocenters. The fourth-order valence-corrected chi connectivity index (χ4v) is 0.650. The van der Waals surface area contributed by atoms with Crippen LogP contribution in [-0.2, 0) is 0 Å². The first-order valence-electron chi connectivity index (χ1n) is 1.72. The van der Waals surface area contributed by atoms with Gasteiger partial charge in [-0.15, -0.1) is 0 Å². The summed E-state index contributed by atoms with van der Waals surface area (Å²) < 4.78 is 0. The Labute approximate surface area is 44.8 Å². The molecular formula is C3H4BrN2. The standard InChI is InChI=1S/C3H4BrN2/c4-3-5-1-2-6-3/h1,3H,2H2. The van der Waals surface area contributed by atoms with Crippen LogP contribution in [0.1, 0.15) is 0 Å². The first kappa shape index (κ1) is 4.27. The Kier molecular flexibility index (Phi) is 1.22. The van der Waals surface area contributed by atoms with E-state index in [4.69, 9.17) is 0 Å². The van der Waals surface area contributed by atoms with Crippen LogP contribution in [0, 0.1) is 0 Å². The predicted octanol–water partition coefficient (Wildman–Crippen LogP) is 0.354. The summed E-state index contributed by atoms with van der Waals surface area (Å²) in [5.41, 5.74) is 0. The molecule has 3 heteroatoms. The molecule has 0 aromatic rings. The molecule has 1 aliphatic rings. The fraction of sp³-hybridized carbons (Fsp3) is 0.667. The smallest absolute Gasteiger partial charge is 0.170 e. The Morgan fingerprint density at radius 3 is 2.83 bits per heavy atom. The van der Waals surface area contributed by atoms with Crippen molar-refractivity contribution in [3.63, 3.8) is 0 Å². The average molecular weight is 148 g/mol. The highest BCUT2D eigenvalue weighted by molar-refractivity contribution is 9.09. The van der Waals surface area contributed by atoms with Gasteiger partial charge in [-0.25, -0.2) is 0 Å². The van der Waals surface area contributed by atoms with E-state index in [-0.39, 0.29) is 5.08 Å². The lowest BCUT2D eigenvalue weighted by Gasteiger charge is -1.87. The number of alkyl halides is 1. The summed E-state index contributed by atoms with van der Waals surface area (Å²) in [4.78, 5) is 3.86. The van der Waals surface area contributed by atoms with Gasteiger partial charge in [-0.05, 0) is 15.9 Å². The second kappa shape index (κ2) is 1.71. The van der Waals surface area contributed by atoms with E-state index in [1.807, 2.05) is 0 Å². The number of hydrogen-bond acceptors (Lipinski definition) is 1. The summed E-state index contributed by atoms with van der Waals surface area (Å²) in [5, 5.41) is 3.98. The Morgan fingerprint density at radius 1 is 1.83 bits per heavy atom. The third-order valence-corrected chi connectivity index (χ3v) is 1.09. The molecule has 1 atom stereocenters. The first-order chi connectivity index (χ1) is 2.89. The van der Waals surface area contributed by atoms with Crippen molar-refractivity contribution >= 4 is 22.1 Å². The van der Waals surface area contributed by atoms with Crippen LogP contribution in [-0.4, -0.2) is 17.8 Å². The molecule has 0 saturated carbocycles. The van der Waals surface area contributed by atoms with Gasteiger partial charge in [0.2, 0.25) is 0 Å². The molecule has 1 rings (SSSR count). The lowest BCUT2D eigenvalue weighted by Crippen LogP contribution is -2.04. The molecule has 2 nitrogen and oxygen atoms in total. The van der Waals surface area contributed by atoms with Crippen LogP contribution in [0.25, 0.3) is 0 Å². The summed E-state index contributed by atoms with van der Waals surface area (Å²) in [6.07, 6.45) is 1.79. The van der Waals surface area contributed by atoms with E-state index in [1.54, 1.807) is 6.21 Å². The zero-order valence-electron chi connectivity index (χ0n) is 3.13. The van der Waals surface area contributed by atoms with E-state index >= 15 is 0 Å². The van der Waals surface area contributed by atoms with Crippen molar-refractivity contribution in [2.75, 3.05) is 6.54 Å². The van der Waals surface area contributed by atoms with Crippen molar-refractivity contribution in [1.82, 2.24) is 5.32 Å². The molecule has 1 aliphatic heterocycles. The largest absolute Gasteiger partial charge is 0.264 e. The van der Waals surface area contributed by atoms with Gasteiger partial charge < -0.3 is 0 Å². The van der Waals surface area contributed by atoms with E-state index in [1.165, 1.54) is 0 Å². The van der Waals surface area contributed by atoms with Crippen LogP contribution in [0.15, 0.2) is 4.99 Å². The van der Waals surface area contributed by atoms with Gasteiger partial charge in [0.15, 0.2) is 5.08 Å². The third-order valence-electron chi connectivity index (χ3n) is 0.566. The summed E-state index contributed by atoms with van der Waals surface area (Å²) in [6, 6.07) is 0. The summed E-state index contributed by atoms with van der Waals surface area (Å²) in [7, 11) is 0. The highest BCUT2D eigenvalue weighted by Crippen LogP contribution is 1.99. The minimum Gasteiger partial charge on any atom is -0.264 e. The van der Waals surface area contributed by atoms with Gasteiger partial charge in [-0.1, -0.05) is 0 Å². The maximum Gasteiger partial charge on any atom is 0.170 e. The number of nitrogens with zero attached hydrogens (tertiary/aromatic N) is 2. The Balaban J connectivity index is 2.38. The molecular weight excluding hydrogens is 144 g/mol. The lowest BCUT2D eigenvalue weighted by molar-refractivity contribution is 0.790. The molecule has 0 amide bonds. The SMILES string of the molecule is BrC1[N]CC=N1. The van der Waals surface area contributed by atoms with Crippen LogP contribution >= 0.6 is 15.9 Å². The van der Waals surface area contributed by atoms with E-state index in [0.29, 0.717) is 0 Å². The minimum atomic E-state index is 0.0532. The molecule has 33 valence electrons. The summed E-state index contributed by atoms with van der Waals surface area (Å²) in [6.45, 7) is 0.774. The number of hydrogen-bond donors (Lipinski definition) is 0. The first-order valence-corrected chi connectivity index (χ1v) is 2.63. The molecule has 0 fully saturated rings. The van der Waals surface area contributed by atoms with Gasteiger partial charge >= 0.3 is 0 Å². The van der Waals surface area contributed by atoms with Crippen molar-refractivity contribution in [1.29, 1.82) is 0 Å². The number of halogens is 1. The second-order valence-electron chi connectivity index (χ2n) is 1.01. The van der Waals surface area contributed by atoms with Crippen molar-refractivity contribution < 1.29 is 0 Å². The van der Waals surface area contributed by atoms with Gasteiger partial charge in [0.1, 0.15) is 0 Å². The van der Waals surface area contributed by atoms with Crippen LogP contribution in [0.2, 0.25) is 0 Å². The highest BCUT2D eigenvalue weighted by Gasteiger charge is 2.02. The van der Waals surface area contributed by atoms with Gasteiger partial charge in [-0.3, -0.25) is 4.99 Å². The van der Waals surface area contributed by atoms with Crippen molar-refractivity contribution in [3.05, 3.63) is 0 Å². The molecule has 1 radical (unpaired) electrons. The second-order valence-corrected chi connectivity index (χ2v) is 1.83. The molecule has 1 heterocycles. The van der Waals surface area contributed by atoms with Crippen molar-refractivity contribution in [2.45, 2.75) is 5.08 Å². The van der Waals surface area contributed by atoms with Gasteiger partial charge in [-0.2, -0.15) is 5.32 Å². The minimum absolute atomic E-state index is 0.0532. The lowest BCUT2D eigenvalue weighted by atomic mass is 10.8. The quantitative estimate of drug-likeness (QED) is 0.350. The topological polar surface area (TPSA) is 26.5 Å². The molecule has 0 saturated heterocycles. The fourth-order valence-electron chi connectivity index (χ4n) is 0.315. The third kappa shape index (κ3) is 0.786. The Hall–Kier alpha value is 0.110. The monoisotopic (exact) mass is 147 g/mol. The van der Waals surface area contributed by atoms with Crippen LogP contribution in [0.5, 0.6) is 0 Å². The molecule has 0 aromatic carbocycles. The van der Waals surface area contributed by atoms with E-state index < -0.39 is 0 Å².